The number of benzene rings is 1. The molecule has 0 unspecified atom stereocenters. The average Bonchev–Trinajstić information content (AvgIpc) is 2.75. The van der Waals surface area contributed by atoms with Crippen molar-refractivity contribution in [3.8, 4) is 11.4 Å². The Bertz CT molecular complexity index is 575. The van der Waals surface area contributed by atoms with Gasteiger partial charge in [0.15, 0.2) is 5.82 Å². The van der Waals surface area contributed by atoms with Crippen molar-refractivity contribution >= 4 is 0 Å². The number of nitrogens with zero attached hydrogens (tertiary/aromatic N) is 3. The fraction of sp³-hybridized carbons (Fsp3) is 0.429. The average molecular weight is 262 g/mol. The molecule has 1 aromatic carbocycles. The van der Waals surface area contributed by atoms with Gasteiger partial charge in [0.1, 0.15) is 11.6 Å². The Balaban J connectivity index is 2.48. The first-order chi connectivity index (χ1) is 9.02. The van der Waals surface area contributed by atoms with Gasteiger partial charge < -0.3 is 10.3 Å². The van der Waals surface area contributed by atoms with Crippen molar-refractivity contribution in [3.63, 3.8) is 0 Å². The number of halogens is 1. The largest absolute Gasteiger partial charge is 0.324 e. The summed E-state index contributed by atoms with van der Waals surface area (Å²) in [5.74, 6) is 1.61. The lowest BCUT2D eigenvalue weighted by Gasteiger charge is -2.12. The number of aryl methyl sites for hydroxylation is 1. The molecule has 0 aliphatic rings. The van der Waals surface area contributed by atoms with Crippen LogP contribution < -0.4 is 5.73 Å². The minimum Gasteiger partial charge on any atom is -0.324 e. The molecule has 0 bridgehead atoms. The Morgan fingerprint density at radius 2 is 2.05 bits per heavy atom. The zero-order valence-electron chi connectivity index (χ0n) is 11.5. The lowest BCUT2D eigenvalue weighted by molar-refractivity contribution is 0.510. The van der Waals surface area contributed by atoms with Crippen LogP contribution in [-0.2, 0) is 13.1 Å². The van der Waals surface area contributed by atoms with E-state index in [4.69, 9.17) is 5.73 Å². The van der Waals surface area contributed by atoms with E-state index >= 15 is 0 Å². The van der Waals surface area contributed by atoms with Crippen molar-refractivity contribution in [3.05, 3.63) is 35.4 Å². The lowest BCUT2D eigenvalue weighted by Crippen LogP contribution is -2.13. The molecule has 1 heterocycles. The zero-order chi connectivity index (χ0) is 14.0. The Morgan fingerprint density at radius 1 is 1.32 bits per heavy atom. The van der Waals surface area contributed by atoms with Crippen LogP contribution in [0.4, 0.5) is 4.39 Å². The second kappa shape index (κ2) is 5.48. The standard InChI is InChI=1S/C14H19FN4/c1-9(2)8-19-13(7-16)17-18-14(19)11-5-4-10(3)12(15)6-11/h4-6,9H,7-8,16H2,1-3H3. The third-order valence-corrected chi connectivity index (χ3v) is 2.99. The number of hydrogen-bond acceptors (Lipinski definition) is 3. The van der Waals surface area contributed by atoms with E-state index in [1.54, 1.807) is 13.0 Å². The summed E-state index contributed by atoms with van der Waals surface area (Å²) in [5.41, 5.74) is 7.03. The summed E-state index contributed by atoms with van der Waals surface area (Å²) in [7, 11) is 0. The molecule has 19 heavy (non-hydrogen) atoms. The Kier molecular flexibility index (Phi) is 3.95. The molecule has 0 saturated heterocycles. The summed E-state index contributed by atoms with van der Waals surface area (Å²) in [4.78, 5) is 0. The van der Waals surface area contributed by atoms with Crippen molar-refractivity contribution in [1.82, 2.24) is 14.8 Å². The maximum absolute atomic E-state index is 13.7. The summed E-state index contributed by atoms with van der Waals surface area (Å²) >= 11 is 0. The quantitative estimate of drug-likeness (QED) is 0.921. The van der Waals surface area contributed by atoms with E-state index in [1.807, 2.05) is 10.6 Å². The van der Waals surface area contributed by atoms with Crippen LogP contribution in [0, 0.1) is 18.7 Å². The molecule has 2 N–H and O–H groups in total. The molecule has 0 spiro atoms. The van der Waals surface area contributed by atoms with Gasteiger partial charge in [-0.15, -0.1) is 10.2 Å². The van der Waals surface area contributed by atoms with Gasteiger partial charge in [-0.05, 0) is 24.5 Å². The smallest absolute Gasteiger partial charge is 0.164 e. The van der Waals surface area contributed by atoms with Crippen molar-refractivity contribution in [2.24, 2.45) is 11.7 Å². The highest BCUT2D eigenvalue weighted by atomic mass is 19.1. The minimum atomic E-state index is -0.231. The number of nitrogens with two attached hydrogens (primary N) is 1. The molecule has 102 valence electrons. The molecule has 0 radical (unpaired) electrons. The molecule has 5 heteroatoms. The van der Waals surface area contributed by atoms with Gasteiger partial charge in [-0.3, -0.25) is 0 Å². The molecule has 1 aromatic heterocycles. The molecular weight excluding hydrogens is 243 g/mol. The van der Waals surface area contributed by atoms with Crippen LogP contribution in [0.15, 0.2) is 18.2 Å². The van der Waals surface area contributed by atoms with Crippen LogP contribution in [0.2, 0.25) is 0 Å². The highest BCUT2D eigenvalue weighted by Gasteiger charge is 2.14. The van der Waals surface area contributed by atoms with Crippen molar-refractivity contribution in [2.45, 2.75) is 33.9 Å². The van der Waals surface area contributed by atoms with E-state index in [0.29, 0.717) is 23.9 Å². The van der Waals surface area contributed by atoms with E-state index < -0.39 is 0 Å². The van der Waals surface area contributed by atoms with Crippen LogP contribution in [0.5, 0.6) is 0 Å². The predicted molar refractivity (Wildman–Crippen MR) is 72.9 cm³/mol. The molecule has 0 aliphatic heterocycles. The molecule has 0 fully saturated rings. The van der Waals surface area contributed by atoms with Crippen LogP contribution in [0.1, 0.15) is 25.2 Å². The van der Waals surface area contributed by atoms with E-state index in [9.17, 15) is 4.39 Å². The first-order valence-electron chi connectivity index (χ1n) is 6.41. The van der Waals surface area contributed by atoms with Crippen molar-refractivity contribution < 1.29 is 4.39 Å². The molecule has 0 atom stereocenters. The number of hydrogen-bond donors (Lipinski definition) is 1. The minimum absolute atomic E-state index is 0.231. The Hall–Kier alpha value is -1.75. The fourth-order valence-corrected chi connectivity index (χ4v) is 1.99. The highest BCUT2D eigenvalue weighted by Crippen LogP contribution is 2.22. The van der Waals surface area contributed by atoms with Gasteiger partial charge in [-0.25, -0.2) is 4.39 Å². The van der Waals surface area contributed by atoms with Gasteiger partial charge in [0.25, 0.3) is 0 Å². The van der Waals surface area contributed by atoms with Crippen LogP contribution in [0.3, 0.4) is 0 Å². The molecule has 0 aliphatic carbocycles. The van der Waals surface area contributed by atoms with Gasteiger partial charge in [-0.2, -0.15) is 0 Å². The van der Waals surface area contributed by atoms with Crippen molar-refractivity contribution in [2.75, 3.05) is 0 Å². The van der Waals surface area contributed by atoms with E-state index in [-0.39, 0.29) is 5.82 Å². The highest BCUT2D eigenvalue weighted by molar-refractivity contribution is 5.56. The van der Waals surface area contributed by atoms with E-state index in [1.165, 1.54) is 6.07 Å². The lowest BCUT2D eigenvalue weighted by atomic mass is 10.1. The monoisotopic (exact) mass is 262 g/mol. The third-order valence-electron chi connectivity index (χ3n) is 2.99. The van der Waals surface area contributed by atoms with Crippen LogP contribution >= 0.6 is 0 Å². The van der Waals surface area contributed by atoms with Crippen LogP contribution in [-0.4, -0.2) is 14.8 Å². The first-order valence-corrected chi connectivity index (χ1v) is 6.41. The third kappa shape index (κ3) is 2.81. The maximum Gasteiger partial charge on any atom is 0.164 e. The number of aromatic nitrogens is 3. The van der Waals surface area contributed by atoms with E-state index in [2.05, 4.69) is 24.0 Å². The Labute approximate surface area is 112 Å². The van der Waals surface area contributed by atoms with Crippen LogP contribution in [0.25, 0.3) is 11.4 Å². The number of rotatable bonds is 4. The molecule has 4 nitrogen and oxygen atoms in total. The molecule has 2 aromatic rings. The maximum atomic E-state index is 13.7. The van der Waals surface area contributed by atoms with Gasteiger partial charge in [0.2, 0.25) is 0 Å². The summed E-state index contributed by atoms with van der Waals surface area (Å²) in [5, 5.41) is 8.23. The molecule has 0 amide bonds. The summed E-state index contributed by atoms with van der Waals surface area (Å²) in [6.45, 7) is 7.06. The van der Waals surface area contributed by atoms with Gasteiger partial charge in [0.05, 0.1) is 6.54 Å². The predicted octanol–water partition coefficient (Wildman–Crippen LogP) is 2.51. The molecule has 0 saturated carbocycles. The fourth-order valence-electron chi connectivity index (χ4n) is 1.99. The van der Waals surface area contributed by atoms with E-state index in [0.717, 1.165) is 17.9 Å². The summed E-state index contributed by atoms with van der Waals surface area (Å²) in [6.07, 6.45) is 0. The summed E-state index contributed by atoms with van der Waals surface area (Å²) in [6, 6.07) is 5.11. The summed E-state index contributed by atoms with van der Waals surface area (Å²) < 4.78 is 15.6. The SMILES string of the molecule is Cc1ccc(-c2nnc(CN)n2CC(C)C)cc1F. The van der Waals surface area contributed by atoms with Crippen molar-refractivity contribution in [1.29, 1.82) is 0 Å². The first kappa shape index (κ1) is 13.7. The molecule has 2 rings (SSSR count). The molecular formula is C14H19FN4. The second-order valence-electron chi connectivity index (χ2n) is 5.11. The van der Waals surface area contributed by atoms with Gasteiger partial charge in [-0.1, -0.05) is 26.0 Å². The Morgan fingerprint density at radius 3 is 2.63 bits per heavy atom. The van der Waals surface area contributed by atoms with Gasteiger partial charge >= 0.3 is 0 Å². The zero-order valence-corrected chi connectivity index (χ0v) is 11.5. The topological polar surface area (TPSA) is 56.7 Å². The normalized spacial score (nSPS) is 11.3. The van der Waals surface area contributed by atoms with Gasteiger partial charge in [0, 0.05) is 12.1 Å². The second-order valence-corrected chi connectivity index (χ2v) is 5.11.